The molecule has 0 radical (unpaired) electrons. The van der Waals surface area contributed by atoms with Crippen molar-refractivity contribution < 1.29 is 19.4 Å². The maximum atomic E-state index is 10.5. The Hall–Kier alpha value is -2.66. The van der Waals surface area contributed by atoms with E-state index in [9.17, 15) is 4.79 Å². The average Bonchev–Trinajstić information content (AvgIpc) is 2.45. The van der Waals surface area contributed by atoms with Crippen LogP contribution in [0.4, 0.5) is 0 Å². The quantitative estimate of drug-likeness (QED) is 0.259. The van der Waals surface area contributed by atoms with E-state index in [4.69, 9.17) is 20.1 Å². The Balaban J connectivity index is 2.72. The highest BCUT2D eigenvalue weighted by molar-refractivity contribution is 5.85. The van der Waals surface area contributed by atoms with Crippen LogP contribution in [0.5, 0.6) is 11.5 Å². The Bertz CT molecular complexity index is 536. The van der Waals surface area contributed by atoms with Crippen molar-refractivity contribution in [3.8, 4) is 11.5 Å². The summed E-state index contributed by atoms with van der Waals surface area (Å²) >= 11 is 0. The molecule has 1 N–H and O–H groups in total. The molecule has 0 heterocycles. The fourth-order valence-corrected chi connectivity index (χ4v) is 1.44. The minimum absolute atomic E-state index is 0.359. The monoisotopic (exact) mass is 277 g/mol. The molecular formula is C13H15N3O4. The Morgan fingerprint density at radius 2 is 2.30 bits per heavy atom. The lowest BCUT2D eigenvalue weighted by Gasteiger charge is -2.10. The second-order valence-electron chi connectivity index (χ2n) is 3.74. The van der Waals surface area contributed by atoms with E-state index in [1.54, 1.807) is 18.2 Å². The number of azide groups is 1. The zero-order valence-corrected chi connectivity index (χ0v) is 11.0. The summed E-state index contributed by atoms with van der Waals surface area (Å²) in [5, 5.41) is 12.0. The van der Waals surface area contributed by atoms with E-state index >= 15 is 0 Å². The zero-order chi connectivity index (χ0) is 14.8. The van der Waals surface area contributed by atoms with Crippen molar-refractivity contribution in [1.29, 1.82) is 0 Å². The van der Waals surface area contributed by atoms with E-state index in [1.165, 1.54) is 13.2 Å². The molecule has 7 heteroatoms. The number of hydrogen-bond acceptors (Lipinski definition) is 4. The van der Waals surface area contributed by atoms with Gasteiger partial charge in [0.05, 0.1) is 13.7 Å². The minimum Gasteiger partial charge on any atom is -0.493 e. The third kappa shape index (κ3) is 5.32. The Morgan fingerprint density at radius 3 is 2.95 bits per heavy atom. The van der Waals surface area contributed by atoms with Crippen LogP contribution in [0.2, 0.25) is 0 Å². The van der Waals surface area contributed by atoms with Crippen LogP contribution in [0.15, 0.2) is 29.4 Å². The molecular weight excluding hydrogens is 262 g/mol. The summed E-state index contributed by atoms with van der Waals surface area (Å²) in [6.45, 7) is 0.735. The van der Waals surface area contributed by atoms with Crippen LogP contribution in [0.3, 0.4) is 0 Å². The van der Waals surface area contributed by atoms with Gasteiger partial charge in [-0.2, -0.15) is 0 Å². The second kappa shape index (κ2) is 8.44. The van der Waals surface area contributed by atoms with E-state index < -0.39 is 5.97 Å². The molecule has 0 aliphatic heterocycles. The Morgan fingerprint density at radius 1 is 1.50 bits per heavy atom. The summed E-state index contributed by atoms with van der Waals surface area (Å²) in [7, 11) is 1.52. The van der Waals surface area contributed by atoms with Crippen molar-refractivity contribution in [3.63, 3.8) is 0 Å². The Kier molecular flexibility index (Phi) is 6.50. The van der Waals surface area contributed by atoms with Gasteiger partial charge in [-0.25, -0.2) is 4.79 Å². The molecule has 0 amide bonds. The highest BCUT2D eigenvalue weighted by atomic mass is 16.5. The molecule has 0 aliphatic rings. The van der Waals surface area contributed by atoms with E-state index in [0.29, 0.717) is 36.6 Å². The number of carbonyl (C=O) groups is 1. The van der Waals surface area contributed by atoms with Crippen molar-refractivity contribution in [1.82, 2.24) is 0 Å². The molecule has 0 atom stereocenters. The van der Waals surface area contributed by atoms with Gasteiger partial charge in [0, 0.05) is 17.5 Å². The molecule has 0 saturated heterocycles. The van der Waals surface area contributed by atoms with Gasteiger partial charge in [0.15, 0.2) is 11.5 Å². The minimum atomic E-state index is -1.02. The number of methoxy groups -OCH3 is 1. The molecule has 0 aliphatic carbocycles. The molecule has 0 saturated carbocycles. The Labute approximate surface area is 116 Å². The van der Waals surface area contributed by atoms with Gasteiger partial charge in [-0.05, 0) is 35.7 Å². The maximum absolute atomic E-state index is 10.5. The number of nitrogens with zero attached hydrogens (tertiary/aromatic N) is 3. The molecule has 1 aromatic carbocycles. The lowest BCUT2D eigenvalue weighted by molar-refractivity contribution is -0.131. The lowest BCUT2D eigenvalue weighted by Crippen LogP contribution is -2.01. The van der Waals surface area contributed by atoms with Crippen LogP contribution in [-0.4, -0.2) is 31.3 Å². The number of ether oxygens (including phenoxy) is 2. The number of carboxylic acids is 1. The lowest BCUT2D eigenvalue weighted by atomic mass is 10.2. The van der Waals surface area contributed by atoms with Crippen molar-refractivity contribution in [2.45, 2.75) is 6.42 Å². The molecule has 0 spiro atoms. The molecule has 0 aromatic heterocycles. The largest absolute Gasteiger partial charge is 0.493 e. The van der Waals surface area contributed by atoms with Gasteiger partial charge < -0.3 is 14.6 Å². The number of benzene rings is 1. The number of hydrogen-bond donors (Lipinski definition) is 1. The average molecular weight is 277 g/mol. The first-order chi connectivity index (χ1) is 9.67. The predicted octanol–water partition coefficient (Wildman–Crippen LogP) is 2.87. The van der Waals surface area contributed by atoms with Gasteiger partial charge >= 0.3 is 5.97 Å². The van der Waals surface area contributed by atoms with E-state index in [0.717, 1.165) is 6.08 Å². The fraction of sp³-hybridized carbons (Fsp3) is 0.308. The number of carboxylic acid groups (broad SMARTS) is 1. The van der Waals surface area contributed by atoms with Crippen molar-refractivity contribution in [2.75, 3.05) is 20.3 Å². The van der Waals surface area contributed by atoms with Crippen molar-refractivity contribution in [2.24, 2.45) is 5.11 Å². The smallest absolute Gasteiger partial charge is 0.328 e. The van der Waals surface area contributed by atoms with Gasteiger partial charge in [-0.15, -0.1) is 0 Å². The zero-order valence-electron chi connectivity index (χ0n) is 11.0. The summed E-state index contributed by atoms with van der Waals surface area (Å²) in [4.78, 5) is 13.1. The summed E-state index contributed by atoms with van der Waals surface area (Å²) in [6, 6.07) is 5.11. The van der Waals surface area contributed by atoms with E-state index in [-0.39, 0.29) is 0 Å². The second-order valence-corrected chi connectivity index (χ2v) is 3.74. The van der Waals surface area contributed by atoms with Crippen molar-refractivity contribution >= 4 is 12.0 Å². The fourth-order valence-electron chi connectivity index (χ4n) is 1.44. The summed E-state index contributed by atoms with van der Waals surface area (Å²) < 4.78 is 10.7. The summed E-state index contributed by atoms with van der Waals surface area (Å²) in [5.41, 5.74) is 8.84. The van der Waals surface area contributed by atoms with Gasteiger partial charge in [0.2, 0.25) is 0 Å². The number of rotatable bonds is 8. The molecule has 20 heavy (non-hydrogen) atoms. The van der Waals surface area contributed by atoms with Crippen LogP contribution in [0, 0.1) is 0 Å². The van der Waals surface area contributed by atoms with Gasteiger partial charge in [-0.3, -0.25) is 0 Å². The highest BCUT2D eigenvalue weighted by Crippen LogP contribution is 2.28. The van der Waals surface area contributed by atoms with E-state index in [2.05, 4.69) is 10.0 Å². The van der Waals surface area contributed by atoms with Crippen LogP contribution >= 0.6 is 0 Å². The first-order valence-electron chi connectivity index (χ1n) is 5.90. The standard InChI is InChI=1S/C13H15N3O4/c1-19-11-5-3-10(4-6-13(17)18)9-12(11)20-8-2-7-15-16-14/h3-6,9H,2,7-8H2,1H3,(H,17,18). The maximum Gasteiger partial charge on any atom is 0.328 e. The molecule has 0 unspecified atom stereocenters. The summed E-state index contributed by atoms with van der Waals surface area (Å²) in [6.07, 6.45) is 3.10. The summed E-state index contributed by atoms with van der Waals surface area (Å²) in [5.74, 6) is 0.0555. The van der Waals surface area contributed by atoms with Gasteiger partial charge in [-0.1, -0.05) is 11.2 Å². The molecule has 0 fully saturated rings. The molecule has 7 nitrogen and oxygen atoms in total. The predicted molar refractivity (Wildman–Crippen MR) is 73.8 cm³/mol. The van der Waals surface area contributed by atoms with Gasteiger partial charge in [0.25, 0.3) is 0 Å². The van der Waals surface area contributed by atoms with Crippen molar-refractivity contribution in [3.05, 3.63) is 40.3 Å². The SMILES string of the molecule is COc1ccc(C=CC(=O)O)cc1OCCCN=[N+]=[N-]. The third-order valence-corrected chi connectivity index (χ3v) is 2.33. The molecule has 1 aromatic rings. The van der Waals surface area contributed by atoms with Crippen LogP contribution in [-0.2, 0) is 4.79 Å². The topological polar surface area (TPSA) is 105 Å². The number of aliphatic carboxylic acids is 1. The third-order valence-electron chi connectivity index (χ3n) is 2.33. The highest BCUT2D eigenvalue weighted by Gasteiger charge is 2.04. The normalized spacial score (nSPS) is 10.1. The van der Waals surface area contributed by atoms with Crippen LogP contribution in [0.25, 0.3) is 16.5 Å². The van der Waals surface area contributed by atoms with E-state index in [1.807, 2.05) is 0 Å². The first kappa shape index (κ1) is 15.4. The molecule has 0 bridgehead atoms. The van der Waals surface area contributed by atoms with Crippen LogP contribution in [0.1, 0.15) is 12.0 Å². The van der Waals surface area contributed by atoms with Gasteiger partial charge in [0.1, 0.15) is 0 Å². The molecule has 106 valence electrons. The first-order valence-corrected chi connectivity index (χ1v) is 5.90. The molecule has 1 rings (SSSR count). The van der Waals surface area contributed by atoms with Crippen LogP contribution < -0.4 is 9.47 Å².